The third-order valence-corrected chi connectivity index (χ3v) is 12.6. The van der Waals surface area contributed by atoms with Crippen molar-refractivity contribution in [3.63, 3.8) is 0 Å². The lowest BCUT2D eigenvalue weighted by Gasteiger charge is -2.18. The van der Waals surface area contributed by atoms with Crippen molar-refractivity contribution in [2.75, 3.05) is 0 Å². The van der Waals surface area contributed by atoms with E-state index in [1.807, 2.05) is 6.07 Å². The molecule has 0 aliphatic rings. The van der Waals surface area contributed by atoms with Gasteiger partial charge in [-0.1, -0.05) is 170 Å². The number of hydrogen-bond donors (Lipinski definition) is 0. The average Bonchev–Trinajstić information content (AvgIpc) is 3.65. The smallest absolute Gasteiger partial charge is 0.135 e. The molecular weight excluding hydrogens is 689 g/mol. The maximum Gasteiger partial charge on any atom is 0.135 e. The molecular formula is C56H32O. The molecule has 0 N–H and O–H groups in total. The Bertz CT molecular complexity index is 3700. The number of para-hydroxylation sites is 1. The summed E-state index contributed by atoms with van der Waals surface area (Å²) in [6.45, 7) is 0. The molecule has 13 aromatic rings. The lowest BCUT2D eigenvalue weighted by Crippen LogP contribution is -1.91. The van der Waals surface area contributed by atoms with Crippen LogP contribution in [0.2, 0.25) is 0 Å². The Labute approximate surface area is 328 Å². The topological polar surface area (TPSA) is 13.1 Å². The molecule has 0 atom stereocenters. The molecule has 12 aromatic carbocycles. The Balaban J connectivity index is 0.993. The highest BCUT2D eigenvalue weighted by molar-refractivity contribution is 6.27. The van der Waals surface area contributed by atoms with E-state index in [2.05, 4.69) is 188 Å². The molecule has 0 aliphatic heterocycles. The predicted octanol–water partition coefficient (Wildman–Crippen LogP) is 16.0. The minimum atomic E-state index is 0.905. The summed E-state index contributed by atoms with van der Waals surface area (Å²) in [4.78, 5) is 0. The second-order valence-corrected chi connectivity index (χ2v) is 15.6. The van der Waals surface area contributed by atoms with E-state index in [0.29, 0.717) is 0 Å². The van der Waals surface area contributed by atoms with Gasteiger partial charge in [-0.15, -0.1) is 0 Å². The molecule has 1 aromatic heterocycles. The first kappa shape index (κ1) is 30.8. The molecule has 262 valence electrons. The summed E-state index contributed by atoms with van der Waals surface area (Å²) in [6, 6.07) is 71.8. The summed E-state index contributed by atoms with van der Waals surface area (Å²) in [7, 11) is 0. The van der Waals surface area contributed by atoms with Crippen molar-refractivity contribution in [2.24, 2.45) is 0 Å². The van der Waals surface area contributed by atoms with Gasteiger partial charge in [0.25, 0.3) is 0 Å². The van der Waals surface area contributed by atoms with E-state index < -0.39 is 0 Å². The van der Waals surface area contributed by atoms with Gasteiger partial charge >= 0.3 is 0 Å². The van der Waals surface area contributed by atoms with Crippen LogP contribution in [0.3, 0.4) is 0 Å². The molecule has 1 heterocycles. The van der Waals surface area contributed by atoms with E-state index in [1.165, 1.54) is 109 Å². The quantitative estimate of drug-likeness (QED) is 0.165. The van der Waals surface area contributed by atoms with E-state index in [-0.39, 0.29) is 0 Å². The number of hydrogen-bond acceptors (Lipinski definition) is 1. The van der Waals surface area contributed by atoms with Gasteiger partial charge in [-0.25, -0.2) is 0 Å². The van der Waals surface area contributed by atoms with Gasteiger partial charge in [0.05, 0.1) is 0 Å². The molecule has 0 radical (unpaired) electrons. The standard InChI is InChI=1S/C56H32O/c1-2-10-51-46(9-1)50-32-42(24-30-52(50)57-51)49-31-41(23-27-45(49)44-26-20-40-18-16-36-6-4-8-38-22-29-48(44)56(40)54(36)38)33-11-13-34(14-12-33)43-25-19-39-17-15-35-5-3-7-37-21-28-47(43)55(39)53(35)37/h1-32H. The number of furan rings is 1. The van der Waals surface area contributed by atoms with E-state index >= 15 is 0 Å². The van der Waals surface area contributed by atoms with Crippen molar-refractivity contribution in [1.82, 2.24) is 0 Å². The summed E-state index contributed by atoms with van der Waals surface area (Å²) in [5.41, 5.74) is 11.5. The summed E-state index contributed by atoms with van der Waals surface area (Å²) in [5, 5.41) is 17.9. The first-order valence-corrected chi connectivity index (χ1v) is 19.7. The van der Waals surface area contributed by atoms with Crippen LogP contribution >= 0.6 is 0 Å². The van der Waals surface area contributed by atoms with Crippen molar-refractivity contribution in [1.29, 1.82) is 0 Å². The number of rotatable bonds is 4. The molecule has 0 amide bonds. The highest BCUT2D eigenvalue weighted by Gasteiger charge is 2.18. The van der Waals surface area contributed by atoms with E-state index in [1.54, 1.807) is 0 Å². The maximum absolute atomic E-state index is 6.28. The van der Waals surface area contributed by atoms with Gasteiger partial charge in [0.2, 0.25) is 0 Å². The van der Waals surface area contributed by atoms with Crippen molar-refractivity contribution < 1.29 is 4.42 Å². The van der Waals surface area contributed by atoms with Crippen LogP contribution in [-0.2, 0) is 0 Å². The normalized spacial score (nSPS) is 12.2. The van der Waals surface area contributed by atoms with Crippen LogP contribution in [0.1, 0.15) is 0 Å². The zero-order valence-electron chi connectivity index (χ0n) is 30.9. The zero-order valence-corrected chi connectivity index (χ0v) is 30.9. The van der Waals surface area contributed by atoms with Crippen LogP contribution in [0, 0.1) is 0 Å². The summed E-state index contributed by atoms with van der Waals surface area (Å²) in [6.07, 6.45) is 0. The first-order valence-electron chi connectivity index (χ1n) is 19.7. The van der Waals surface area contributed by atoms with Crippen LogP contribution < -0.4 is 0 Å². The molecule has 0 saturated heterocycles. The Hall–Kier alpha value is -7.48. The van der Waals surface area contributed by atoms with Crippen molar-refractivity contribution in [3.8, 4) is 44.5 Å². The second kappa shape index (κ2) is 11.5. The van der Waals surface area contributed by atoms with Crippen LogP contribution in [0.15, 0.2) is 199 Å². The fourth-order valence-electron chi connectivity index (χ4n) is 9.89. The van der Waals surface area contributed by atoms with E-state index in [4.69, 9.17) is 4.42 Å². The molecule has 0 aliphatic carbocycles. The monoisotopic (exact) mass is 720 g/mol. The van der Waals surface area contributed by atoms with Crippen LogP contribution in [0.4, 0.5) is 0 Å². The zero-order chi connectivity index (χ0) is 37.2. The van der Waals surface area contributed by atoms with Crippen molar-refractivity contribution in [3.05, 3.63) is 194 Å². The van der Waals surface area contributed by atoms with Crippen LogP contribution in [-0.4, -0.2) is 0 Å². The minimum absolute atomic E-state index is 0.905. The highest BCUT2D eigenvalue weighted by Crippen LogP contribution is 2.45. The third-order valence-electron chi connectivity index (χ3n) is 12.6. The van der Waals surface area contributed by atoms with Gasteiger partial charge in [0.15, 0.2) is 0 Å². The third kappa shape index (κ3) is 4.46. The van der Waals surface area contributed by atoms with E-state index in [9.17, 15) is 0 Å². The maximum atomic E-state index is 6.28. The molecule has 0 unspecified atom stereocenters. The number of benzene rings is 12. The van der Waals surface area contributed by atoms with Crippen LogP contribution in [0.25, 0.3) is 131 Å². The Kier molecular flexibility index (Phi) is 6.23. The van der Waals surface area contributed by atoms with E-state index in [0.717, 1.165) is 21.9 Å². The first-order chi connectivity index (χ1) is 28.2. The SMILES string of the molecule is c1cc2ccc3ccc(-c4ccc(-c5ccc(-c6ccc7ccc8cccc9ccc6c7c89)c(-c6ccc7oc8ccccc8c7c6)c5)cc4)c4ccc(c1)c2c34. The average molecular weight is 721 g/mol. The van der Waals surface area contributed by atoms with Gasteiger partial charge in [-0.05, 0) is 133 Å². The summed E-state index contributed by atoms with van der Waals surface area (Å²) >= 11 is 0. The Morgan fingerprint density at radius 1 is 0.228 bits per heavy atom. The molecule has 0 spiro atoms. The molecule has 1 nitrogen and oxygen atoms in total. The fraction of sp³-hybridized carbons (Fsp3) is 0. The second-order valence-electron chi connectivity index (χ2n) is 15.6. The molecule has 1 heteroatoms. The molecule has 13 rings (SSSR count). The molecule has 0 bridgehead atoms. The minimum Gasteiger partial charge on any atom is -0.456 e. The Morgan fingerprint density at radius 3 is 1.40 bits per heavy atom. The Morgan fingerprint density at radius 2 is 0.719 bits per heavy atom. The largest absolute Gasteiger partial charge is 0.456 e. The number of fused-ring (bicyclic) bond motifs is 3. The fourth-order valence-corrected chi connectivity index (χ4v) is 9.89. The molecule has 0 fully saturated rings. The van der Waals surface area contributed by atoms with Gasteiger partial charge in [0, 0.05) is 10.8 Å². The highest BCUT2D eigenvalue weighted by atomic mass is 16.3. The van der Waals surface area contributed by atoms with Crippen LogP contribution in [0.5, 0.6) is 0 Å². The predicted molar refractivity (Wildman–Crippen MR) is 243 cm³/mol. The summed E-state index contributed by atoms with van der Waals surface area (Å²) < 4.78 is 6.28. The molecule has 0 saturated carbocycles. The van der Waals surface area contributed by atoms with Crippen molar-refractivity contribution in [2.45, 2.75) is 0 Å². The van der Waals surface area contributed by atoms with Gasteiger partial charge in [-0.3, -0.25) is 0 Å². The summed E-state index contributed by atoms with van der Waals surface area (Å²) in [5.74, 6) is 0. The van der Waals surface area contributed by atoms with Gasteiger partial charge < -0.3 is 4.42 Å². The van der Waals surface area contributed by atoms with Gasteiger partial charge in [0.1, 0.15) is 11.2 Å². The lowest BCUT2D eigenvalue weighted by molar-refractivity contribution is 0.669. The van der Waals surface area contributed by atoms with Crippen molar-refractivity contribution >= 4 is 86.6 Å². The lowest BCUT2D eigenvalue weighted by atomic mass is 9.86. The van der Waals surface area contributed by atoms with Gasteiger partial charge in [-0.2, -0.15) is 0 Å². The molecule has 57 heavy (non-hydrogen) atoms.